The summed E-state index contributed by atoms with van der Waals surface area (Å²) in [4.78, 5) is 52.7. The van der Waals surface area contributed by atoms with Crippen LogP contribution in [0.15, 0.2) is 0 Å². The average molecular weight is 807 g/mol. The summed E-state index contributed by atoms with van der Waals surface area (Å²) in [6.45, 7) is 6.01. The Balaban J connectivity index is 3.50. The van der Waals surface area contributed by atoms with E-state index in [-0.39, 0.29) is 25.7 Å². The maximum absolute atomic E-state index is 13.4. The fourth-order valence-electron chi connectivity index (χ4n) is 6.24. The van der Waals surface area contributed by atoms with Crippen molar-refractivity contribution in [1.29, 1.82) is 0 Å². The lowest BCUT2D eigenvalue weighted by molar-refractivity contribution is -0.313. The van der Waals surface area contributed by atoms with E-state index in [0.717, 1.165) is 77.0 Å². The minimum absolute atomic E-state index is 0.0138. The first-order valence-electron chi connectivity index (χ1n) is 21.3. The minimum Gasteiger partial charge on any atom is -0.463 e. The average Bonchev–Trinajstić information content (AvgIpc) is 3.18. The Hall–Kier alpha value is -2.40. The van der Waals surface area contributed by atoms with Crippen LogP contribution in [0.3, 0.4) is 0 Å². The molecule has 0 aromatic heterocycles. The zero-order valence-electron chi connectivity index (χ0n) is 34.5. The Kier molecular flexibility index (Phi) is 29.1. The fraction of sp³-hybridized carbons (Fsp3) is 0.902. The van der Waals surface area contributed by atoms with Crippen molar-refractivity contribution in [3.05, 3.63) is 0 Å². The largest absolute Gasteiger partial charge is 0.463 e. The molecule has 9 atom stereocenters. The van der Waals surface area contributed by atoms with E-state index in [1.165, 1.54) is 6.42 Å². The predicted molar refractivity (Wildman–Crippen MR) is 206 cm³/mol. The first-order chi connectivity index (χ1) is 26.9. The van der Waals surface area contributed by atoms with Crippen molar-refractivity contribution in [3.8, 4) is 0 Å². The molecule has 15 heteroatoms. The molecule has 1 aliphatic rings. The number of hydrogen-bond donors (Lipinski definition) is 5. The van der Waals surface area contributed by atoms with Gasteiger partial charge in [-0.1, -0.05) is 111 Å². The van der Waals surface area contributed by atoms with Gasteiger partial charge in [-0.25, -0.2) is 0 Å². The van der Waals surface area contributed by atoms with Gasteiger partial charge >= 0.3 is 23.9 Å². The number of aliphatic hydroxyl groups is 5. The number of unbranched alkanes of at least 4 members (excludes halogenated alkanes) is 13. The van der Waals surface area contributed by atoms with E-state index in [4.69, 9.17) is 28.4 Å². The van der Waals surface area contributed by atoms with Gasteiger partial charge in [0, 0.05) is 25.7 Å². The van der Waals surface area contributed by atoms with Crippen molar-refractivity contribution in [2.24, 2.45) is 0 Å². The van der Waals surface area contributed by atoms with Crippen LogP contribution >= 0.6 is 0 Å². The standard InChI is InChI=1S/C41H74O15/c1-5-9-13-14-15-16-17-21-25-35(48)56-40-39(55-34(47)24-20-12-8-4)38(54-33(46)23-19-11-7-3)31(28-51-32(45)22-18-10-6-2)53-41(40)52-27-30(44)37(50)36(49)29(43)26-42/h29-31,36-44,49-50H,5-28H2,1-4H3/t29-,30-,31-,36-,37-,38-,39+,40+,41-/m1/s1. The number of ether oxygens (including phenoxy) is 6. The molecule has 1 saturated heterocycles. The van der Waals surface area contributed by atoms with Crippen LogP contribution in [-0.2, 0) is 47.6 Å². The monoisotopic (exact) mass is 807 g/mol. The van der Waals surface area contributed by atoms with Crippen LogP contribution in [-0.4, -0.2) is 124 Å². The van der Waals surface area contributed by atoms with E-state index in [9.17, 15) is 44.7 Å². The fourth-order valence-corrected chi connectivity index (χ4v) is 6.24. The van der Waals surface area contributed by atoms with Gasteiger partial charge in [-0.05, 0) is 25.7 Å². The van der Waals surface area contributed by atoms with E-state index in [1.54, 1.807) is 0 Å². The molecule has 0 saturated carbocycles. The molecule has 56 heavy (non-hydrogen) atoms. The van der Waals surface area contributed by atoms with Gasteiger partial charge in [-0.15, -0.1) is 0 Å². The van der Waals surface area contributed by atoms with E-state index >= 15 is 0 Å². The topological polar surface area (TPSA) is 225 Å². The Labute approximate surface area is 334 Å². The van der Waals surface area contributed by atoms with Crippen LogP contribution < -0.4 is 0 Å². The Morgan fingerprint density at radius 3 is 1.41 bits per heavy atom. The molecule has 1 rings (SSSR count). The van der Waals surface area contributed by atoms with Gasteiger partial charge in [0.05, 0.1) is 13.2 Å². The van der Waals surface area contributed by atoms with Gasteiger partial charge in [0.1, 0.15) is 37.1 Å². The highest BCUT2D eigenvalue weighted by atomic mass is 16.7. The Morgan fingerprint density at radius 2 is 0.911 bits per heavy atom. The Bertz CT molecular complexity index is 1060. The number of rotatable bonds is 33. The van der Waals surface area contributed by atoms with Gasteiger partial charge in [-0.2, -0.15) is 0 Å². The maximum atomic E-state index is 13.4. The molecule has 0 unspecified atom stereocenters. The first kappa shape index (κ1) is 51.6. The van der Waals surface area contributed by atoms with E-state index in [2.05, 4.69) is 6.92 Å². The lowest BCUT2D eigenvalue weighted by Gasteiger charge is -2.44. The molecule has 0 aliphatic carbocycles. The summed E-state index contributed by atoms with van der Waals surface area (Å²) in [6, 6.07) is 0. The van der Waals surface area contributed by atoms with Gasteiger partial charge in [0.15, 0.2) is 24.6 Å². The summed E-state index contributed by atoms with van der Waals surface area (Å²) >= 11 is 0. The molecular formula is C41H74O15. The number of carbonyl (C=O) groups excluding carboxylic acids is 4. The molecule has 0 spiro atoms. The minimum atomic E-state index is -1.98. The van der Waals surface area contributed by atoms with Gasteiger partial charge in [0.2, 0.25) is 0 Å². The maximum Gasteiger partial charge on any atom is 0.306 e. The molecule has 328 valence electrons. The third-order valence-electron chi connectivity index (χ3n) is 9.75. The van der Waals surface area contributed by atoms with Crippen molar-refractivity contribution in [2.45, 2.75) is 218 Å². The third-order valence-corrected chi connectivity index (χ3v) is 9.75. The van der Waals surface area contributed by atoms with Crippen molar-refractivity contribution < 1.29 is 73.1 Å². The third kappa shape index (κ3) is 21.4. The number of hydrogen-bond acceptors (Lipinski definition) is 15. The van der Waals surface area contributed by atoms with Crippen molar-refractivity contribution in [1.82, 2.24) is 0 Å². The smallest absolute Gasteiger partial charge is 0.306 e. The summed E-state index contributed by atoms with van der Waals surface area (Å²) in [5.41, 5.74) is 0. The zero-order valence-corrected chi connectivity index (χ0v) is 34.5. The second-order valence-electron chi connectivity index (χ2n) is 14.8. The molecule has 0 aromatic carbocycles. The molecule has 5 N–H and O–H groups in total. The van der Waals surface area contributed by atoms with Crippen LogP contribution in [0.2, 0.25) is 0 Å². The highest BCUT2D eigenvalue weighted by Gasteiger charge is 2.53. The van der Waals surface area contributed by atoms with E-state index < -0.39 is 98.8 Å². The van der Waals surface area contributed by atoms with Gasteiger partial charge in [0.25, 0.3) is 0 Å². The molecule has 0 aromatic rings. The lowest BCUT2D eigenvalue weighted by atomic mass is 9.97. The number of esters is 4. The zero-order chi connectivity index (χ0) is 41.7. The molecular weight excluding hydrogens is 732 g/mol. The van der Waals surface area contributed by atoms with Crippen LogP contribution in [0.4, 0.5) is 0 Å². The van der Waals surface area contributed by atoms with Crippen LogP contribution in [0, 0.1) is 0 Å². The van der Waals surface area contributed by atoms with Crippen LogP contribution in [0.5, 0.6) is 0 Å². The summed E-state index contributed by atoms with van der Waals surface area (Å²) in [6.07, 6.45) is -0.264. The first-order valence-corrected chi connectivity index (χ1v) is 21.3. The molecule has 0 bridgehead atoms. The van der Waals surface area contributed by atoms with Crippen molar-refractivity contribution in [3.63, 3.8) is 0 Å². The van der Waals surface area contributed by atoms with Crippen LogP contribution in [0.1, 0.15) is 163 Å². The molecule has 1 aliphatic heterocycles. The highest BCUT2D eigenvalue weighted by molar-refractivity contribution is 5.72. The molecule has 15 nitrogen and oxygen atoms in total. The molecule has 1 heterocycles. The second kappa shape index (κ2) is 31.6. The summed E-state index contributed by atoms with van der Waals surface area (Å²) in [5.74, 6) is -2.49. The highest BCUT2D eigenvalue weighted by Crippen LogP contribution is 2.31. The van der Waals surface area contributed by atoms with E-state index in [1.807, 2.05) is 20.8 Å². The van der Waals surface area contributed by atoms with Crippen LogP contribution in [0.25, 0.3) is 0 Å². The summed E-state index contributed by atoms with van der Waals surface area (Å²) < 4.78 is 35.4. The number of carbonyl (C=O) groups is 4. The molecule has 0 amide bonds. The predicted octanol–water partition coefficient (Wildman–Crippen LogP) is 4.71. The quantitative estimate of drug-likeness (QED) is 0.0344. The second-order valence-corrected chi connectivity index (χ2v) is 14.8. The van der Waals surface area contributed by atoms with Gasteiger partial charge < -0.3 is 54.0 Å². The molecule has 1 fully saturated rings. The Morgan fingerprint density at radius 1 is 0.518 bits per heavy atom. The summed E-state index contributed by atoms with van der Waals surface area (Å²) in [7, 11) is 0. The number of aliphatic hydroxyl groups excluding tert-OH is 5. The lowest BCUT2D eigenvalue weighted by Crippen LogP contribution is -2.63. The van der Waals surface area contributed by atoms with Gasteiger partial charge in [-0.3, -0.25) is 19.2 Å². The van der Waals surface area contributed by atoms with Crippen molar-refractivity contribution in [2.75, 3.05) is 19.8 Å². The normalized spacial score (nSPS) is 21.8. The molecule has 0 radical (unpaired) electrons. The summed E-state index contributed by atoms with van der Waals surface area (Å²) in [5, 5.41) is 50.3. The van der Waals surface area contributed by atoms with E-state index in [0.29, 0.717) is 25.7 Å². The SMILES string of the molecule is CCCCCCCCCCC(=O)O[C@@H]1[C@H](OC[C@@H](O)[C@@H](O)[C@H](O)[C@H](O)CO)O[C@H](COC(=O)CCCCC)[C@@H](OC(=O)CCCCC)[C@@H]1OC(=O)CCCCC. The van der Waals surface area contributed by atoms with Crippen molar-refractivity contribution >= 4 is 23.9 Å².